The summed E-state index contributed by atoms with van der Waals surface area (Å²) in [6.07, 6.45) is 0.246. The van der Waals surface area contributed by atoms with E-state index in [-0.39, 0.29) is 18.2 Å². The van der Waals surface area contributed by atoms with Crippen molar-refractivity contribution in [3.63, 3.8) is 0 Å². The highest BCUT2D eigenvalue weighted by molar-refractivity contribution is 6.02. The summed E-state index contributed by atoms with van der Waals surface area (Å²) in [5.41, 5.74) is 0.949. The molecule has 25 heavy (non-hydrogen) atoms. The molecule has 4 heteroatoms. The predicted molar refractivity (Wildman–Crippen MR) is 99.6 cm³/mol. The Morgan fingerprint density at radius 1 is 0.960 bits per heavy atom. The van der Waals surface area contributed by atoms with Crippen molar-refractivity contribution in [3.05, 3.63) is 60.2 Å². The Bertz CT molecular complexity index is 892. The third-order valence-corrected chi connectivity index (χ3v) is 4.43. The SMILES string of the molecule is CC(C)C(=O)N[C@H](Cc1c2ccccc2cc2ccccc12)C(=O)O. The lowest BCUT2D eigenvalue weighted by Gasteiger charge is -2.19. The van der Waals surface area contributed by atoms with Crippen LogP contribution in [0.5, 0.6) is 0 Å². The van der Waals surface area contributed by atoms with Crippen molar-refractivity contribution in [2.45, 2.75) is 26.3 Å². The number of carboxylic acid groups (broad SMARTS) is 1. The van der Waals surface area contributed by atoms with Crippen LogP contribution < -0.4 is 5.32 Å². The lowest BCUT2D eigenvalue weighted by molar-refractivity contribution is -0.142. The molecule has 0 radical (unpaired) electrons. The lowest BCUT2D eigenvalue weighted by atomic mass is 9.92. The van der Waals surface area contributed by atoms with Gasteiger partial charge < -0.3 is 10.4 Å². The number of carbonyl (C=O) groups excluding carboxylic acids is 1. The van der Waals surface area contributed by atoms with Gasteiger partial charge in [-0.25, -0.2) is 4.79 Å². The van der Waals surface area contributed by atoms with E-state index in [1.807, 2.05) is 48.5 Å². The fourth-order valence-corrected chi connectivity index (χ4v) is 3.07. The summed E-state index contributed by atoms with van der Waals surface area (Å²) >= 11 is 0. The second-order valence-corrected chi connectivity index (χ2v) is 6.56. The first-order valence-electron chi connectivity index (χ1n) is 8.40. The van der Waals surface area contributed by atoms with E-state index in [1.165, 1.54) is 0 Å². The van der Waals surface area contributed by atoms with E-state index in [1.54, 1.807) is 13.8 Å². The van der Waals surface area contributed by atoms with Crippen LogP contribution in [0, 0.1) is 5.92 Å². The molecule has 0 aliphatic carbocycles. The molecular formula is C21H21NO3. The van der Waals surface area contributed by atoms with Gasteiger partial charge in [0, 0.05) is 12.3 Å². The van der Waals surface area contributed by atoms with Crippen molar-refractivity contribution in [1.29, 1.82) is 0 Å². The first-order chi connectivity index (χ1) is 12.0. The van der Waals surface area contributed by atoms with Crippen LogP contribution in [0.4, 0.5) is 0 Å². The summed E-state index contributed by atoms with van der Waals surface area (Å²) in [7, 11) is 0. The van der Waals surface area contributed by atoms with Crippen LogP contribution in [0.25, 0.3) is 21.5 Å². The number of carbonyl (C=O) groups is 2. The van der Waals surface area contributed by atoms with Crippen molar-refractivity contribution in [2.75, 3.05) is 0 Å². The maximum absolute atomic E-state index is 12.0. The Morgan fingerprint density at radius 3 is 1.96 bits per heavy atom. The third-order valence-electron chi connectivity index (χ3n) is 4.43. The second-order valence-electron chi connectivity index (χ2n) is 6.56. The number of benzene rings is 3. The Morgan fingerprint density at radius 2 is 1.48 bits per heavy atom. The highest BCUT2D eigenvalue weighted by Gasteiger charge is 2.23. The van der Waals surface area contributed by atoms with Crippen molar-refractivity contribution in [3.8, 4) is 0 Å². The summed E-state index contributed by atoms with van der Waals surface area (Å²) < 4.78 is 0. The molecule has 3 aromatic rings. The summed E-state index contributed by atoms with van der Waals surface area (Å²) in [5, 5.41) is 16.4. The summed E-state index contributed by atoms with van der Waals surface area (Å²) in [4.78, 5) is 23.7. The maximum Gasteiger partial charge on any atom is 0.326 e. The molecular weight excluding hydrogens is 314 g/mol. The van der Waals surface area contributed by atoms with Gasteiger partial charge in [0.1, 0.15) is 6.04 Å². The van der Waals surface area contributed by atoms with Crippen LogP contribution in [0.3, 0.4) is 0 Å². The fraction of sp³-hybridized carbons (Fsp3) is 0.238. The molecule has 0 saturated heterocycles. The van der Waals surface area contributed by atoms with E-state index >= 15 is 0 Å². The third kappa shape index (κ3) is 3.48. The smallest absolute Gasteiger partial charge is 0.326 e. The van der Waals surface area contributed by atoms with Crippen LogP contribution in [-0.2, 0) is 16.0 Å². The van der Waals surface area contributed by atoms with Gasteiger partial charge in [0.05, 0.1) is 0 Å². The number of rotatable bonds is 5. The van der Waals surface area contributed by atoms with Crippen LogP contribution in [0.1, 0.15) is 19.4 Å². The molecule has 3 aromatic carbocycles. The first kappa shape index (κ1) is 17.0. The van der Waals surface area contributed by atoms with E-state index in [0.717, 1.165) is 27.1 Å². The Labute approximate surface area is 146 Å². The largest absolute Gasteiger partial charge is 0.480 e. The highest BCUT2D eigenvalue weighted by Crippen LogP contribution is 2.29. The molecule has 4 nitrogen and oxygen atoms in total. The molecule has 1 atom stereocenters. The van der Waals surface area contributed by atoms with E-state index in [9.17, 15) is 14.7 Å². The summed E-state index contributed by atoms with van der Waals surface area (Å²) in [6.45, 7) is 3.50. The van der Waals surface area contributed by atoms with Gasteiger partial charge >= 0.3 is 5.97 Å². The molecule has 0 unspecified atom stereocenters. The predicted octanol–water partition coefficient (Wildman–Crippen LogP) is 3.76. The number of amides is 1. The van der Waals surface area contributed by atoms with Gasteiger partial charge in [-0.15, -0.1) is 0 Å². The van der Waals surface area contributed by atoms with Gasteiger partial charge in [0.2, 0.25) is 5.91 Å². The van der Waals surface area contributed by atoms with Crippen LogP contribution in [0.2, 0.25) is 0 Å². The number of hydrogen-bond donors (Lipinski definition) is 2. The van der Waals surface area contributed by atoms with Crippen molar-refractivity contribution in [1.82, 2.24) is 5.32 Å². The number of fused-ring (bicyclic) bond motifs is 2. The van der Waals surface area contributed by atoms with E-state index < -0.39 is 12.0 Å². The van der Waals surface area contributed by atoms with Gasteiger partial charge in [-0.2, -0.15) is 0 Å². The molecule has 0 aromatic heterocycles. The van der Waals surface area contributed by atoms with E-state index in [2.05, 4.69) is 11.4 Å². The zero-order valence-electron chi connectivity index (χ0n) is 14.3. The highest BCUT2D eigenvalue weighted by atomic mass is 16.4. The number of nitrogens with one attached hydrogen (secondary N) is 1. The average molecular weight is 335 g/mol. The number of carboxylic acids is 1. The number of aliphatic carboxylic acids is 1. The molecule has 2 N–H and O–H groups in total. The maximum atomic E-state index is 12.0. The zero-order valence-corrected chi connectivity index (χ0v) is 14.3. The van der Waals surface area contributed by atoms with E-state index in [4.69, 9.17) is 0 Å². The fourth-order valence-electron chi connectivity index (χ4n) is 3.07. The van der Waals surface area contributed by atoms with Crippen LogP contribution in [0.15, 0.2) is 54.6 Å². The number of hydrogen-bond acceptors (Lipinski definition) is 2. The van der Waals surface area contributed by atoms with Crippen LogP contribution in [-0.4, -0.2) is 23.0 Å². The molecule has 1 amide bonds. The Balaban J connectivity index is 2.11. The van der Waals surface area contributed by atoms with Crippen LogP contribution >= 0.6 is 0 Å². The monoisotopic (exact) mass is 335 g/mol. The molecule has 0 saturated carbocycles. The van der Waals surface area contributed by atoms with Crippen molar-refractivity contribution < 1.29 is 14.7 Å². The van der Waals surface area contributed by atoms with Gasteiger partial charge in [0.15, 0.2) is 0 Å². The topological polar surface area (TPSA) is 66.4 Å². The summed E-state index contributed by atoms with van der Waals surface area (Å²) in [5.74, 6) is -1.53. The minimum atomic E-state index is -1.02. The molecule has 0 fully saturated rings. The molecule has 3 rings (SSSR count). The summed E-state index contributed by atoms with van der Waals surface area (Å²) in [6, 6.07) is 17.0. The Kier molecular flexibility index (Phi) is 4.70. The first-order valence-corrected chi connectivity index (χ1v) is 8.40. The normalized spacial score (nSPS) is 12.4. The Hall–Kier alpha value is -2.88. The molecule has 0 heterocycles. The van der Waals surface area contributed by atoms with Crippen molar-refractivity contribution >= 4 is 33.4 Å². The van der Waals surface area contributed by atoms with Gasteiger partial charge in [0.25, 0.3) is 0 Å². The molecule has 0 bridgehead atoms. The molecule has 0 aliphatic rings. The standard InChI is InChI=1S/C21H21NO3/c1-13(2)20(23)22-19(21(24)25)12-18-16-9-5-3-7-14(16)11-15-8-4-6-10-17(15)18/h3-11,13,19H,12H2,1-2H3,(H,22,23)(H,24,25)/t19-/m1/s1. The minimum Gasteiger partial charge on any atom is -0.480 e. The van der Waals surface area contributed by atoms with E-state index in [0.29, 0.717) is 0 Å². The average Bonchev–Trinajstić information content (AvgIpc) is 2.60. The lowest BCUT2D eigenvalue weighted by Crippen LogP contribution is -2.44. The van der Waals surface area contributed by atoms with Gasteiger partial charge in [-0.05, 0) is 33.2 Å². The van der Waals surface area contributed by atoms with Crippen molar-refractivity contribution in [2.24, 2.45) is 5.92 Å². The molecule has 0 aliphatic heterocycles. The minimum absolute atomic E-state index is 0.246. The molecule has 128 valence electrons. The second kappa shape index (κ2) is 6.93. The van der Waals surface area contributed by atoms with Gasteiger partial charge in [-0.3, -0.25) is 4.79 Å². The van der Waals surface area contributed by atoms with Gasteiger partial charge in [-0.1, -0.05) is 62.4 Å². The quantitative estimate of drug-likeness (QED) is 0.698. The zero-order chi connectivity index (χ0) is 18.0. The molecule has 0 spiro atoms.